The van der Waals surface area contributed by atoms with Gasteiger partial charge in [-0.15, -0.1) is 0 Å². The van der Waals surface area contributed by atoms with Crippen molar-refractivity contribution < 1.29 is 14.3 Å². The van der Waals surface area contributed by atoms with Crippen LogP contribution in [0.2, 0.25) is 0 Å². The molecule has 2 aromatic carbocycles. The third-order valence-corrected chi connectivity index (χ3v) is 3.52. The van der Waals surface area contributed by atoms with Crippen LogP contribution in [-0.2, 0) is 4.79 Å². The summed E-state index contributed by atoms with van der Waals surface area (Å²) in [5.41, 5.74) is 2.30. The van der Waals surface area contributed by atoms with Crippen molar-refractivity contribution in [3.05, 3.63) is 59.2 Å². The lowest BCUT2D eigenvalue weighted by atomic mass is 10.1. The number of hydrogen-bond donors (Lipinski definition) is 1. The Balaban J connectivity index is 2.07. The van der Waals surface area contributed by atoms with Crippen LogP contribution in [0.15, 0.2) is 48.0 Å². The van der Waals surface area contributed by atoms with Crippen LogP contribution in [-0.4, -0.2) is 19.6 Å². The second-order valence-corrected chi connectivity index (χ2v) is 5.34. The number of benzene rings is 2. The fourth-order valence-corrected chi connectivity index (χ4v) is 2.19. The van der Waals surface area contributed by atoms with Crippen molar-refractivity contribution in [3.63, 3.8) is 0 Å². The van der Waals surface area contributed by atoms with Gasteiger partial charge in [0.15, 0.2) is 18.1 Å². The molecule has 6 heteroatoms. The monoisotopic (exact) mass is 347 g/mol. The van der Waals surface area contributed by atoms with E-state index in [1.165, 1.54) is 13.2 Å². The van der Waals surface area contributed by atoms with Crippen molar-refractivity contribution in [1.82, 2.24) is 0 Å². The molecule has 0 aliphatic rings. The van der Waals surface area contributed by atoms with E-state index < -0.39 is 0 Å². The van der Waals surface area contributed by atoms with Gasteiger partial charge in [0.25, 0.3) is 5.91 Å². The smallest absolute Gasteiger partial charge is 0.262 e. The highest BCUT2D eigenvalue weighted by Crippen LogP contribution is 2.29. The second-order valence-electron chi connectivity index (χ2n) is 5.34. The highest BCUT2D eigenvalue weighted by molar-refractivity contribution is 5.92. The molecule has 1 N–H and O–H groups in total. The number of nitrogens with one attached hydrogen (secondary N) is 1. The van der Waals surface area contributed by atoms with E-state index in [-0.39, 0.29) is 18.1 Å². The molecule has 0 unspecified atom stereocenters. The Kier molecular flexibility index (Phi) is 6.36. The molecule has 0 fully saturated rings. The molecule has 0 heterocycles. The number of carbonyl (C=O) groups excluding carboxylic acids is 1. The van der Waals surface area contributed by atoms with E-state index in [9.17, 15) is 4.79 Å². The van der Waals surface area contributed by atoms with Gasteiger partial charge in [-0.3, -0.25) is 4.79 Å². The normalized spacial score (nSPS) is 9.38. The Morgan fingerprint density at radius 2 is 1.88 bits per heavy atom. The summed E-state index contributed by atoms with van der Waals surface area (Å²) in [7, 11) is 1.47. The maximum absolute atomic E-state index is 12.1. The summed E-state index contributed by atoms with van der Waals surface area (Å²) >= 11 is 0. The maximum atomic E-state index is 12.1. The topological polar surface area (TPSA) is 95.1 Å². The summed E-state index contributed by atoms with van der Waals surface area (Å²) in [5.74, 6) is 0.499. The number of nitriles is 2. The van der Waals surface area contributed by atoms with Crippen LogP contribution in [0.5, 0.6) is 11.5 Å². The fraction of sp³-hybridized carbons (Fsp3) is 0.150. The second kappa shape index (κ2) is 8.91. The first-order valence-electron chi connectivity index (χ1n) is 7.75. The lowest BCUT2D eigenvalue weighted by molar-refractivity contribution is -0.118. The van der Waals surface area contributed by atoms with E-state index in [1.807, 2.05) is 31.2 Å². The van der Waals surface area contributed by atoms with E-state index in [1.54, 1.807) is 30.3 Å². The number of methoxy groups -OCH3 is 1. The van der Waals surface area contributed by atoms with E-state index in [0.717, 1.165) is 11.3 Å². The van der Waals surface area contributed by atoms with Crippen LogP contribution >= 0.6 is 0 Å². The molecular weight excluding hydrogens is 330 g/mol. The van der Waals surface area contributed by atoms with E-state index in [2.05, 4.69) is 5.32 Å². The summed E-state index contributed by atoms with van der Waals surface area (Å²) in [5, 5.41) is 20.4. The molecule has 1 amide bonds. The van der Waals surface area contributed by atoms with Gasteiger partial charge in [-0.25, -0.2) is 0 Å². The van der Waals surface area contributed by atoms with Gasteiger partial charge >= 0.3 is 0 Å². The number of aryl methyl sites for hydroxylation is 1. The number of nitrogens with zero attached hydrogens (tertiary/aromatic N) is 2. The molecule has 6 nitrogen and oxygen atoms in total. The number of rotatable bonds is 6. The molecular formula is C20H17N3O3. The fourth-order valence-electron chi connectivity index (χ4n) is 2.19. The Labute approximate surface area is 151 Å². The minimum atomic E-state index is -0.290. The predicted octanol–water partition coefficient (Wildman–Crippen LogP) is 3.45. The number of hydrogen-bond acceptors (Lipinski definition) is 5. The molecule has 0 aliphatic heterocycles. The zero-order chi connectivity index (χ0) is 18.9. The van der Waals surface area contributed by atoms with Gasteiger partial charge in [-0.2, -0.15) is 10.5 Å². The van der Waals surface area contributed by atoms with Crippen molar-refractivity contribution in [2.75, 3.05) is 19.0 Å². The molecule has 130 valence electrons. The molecule has 0 atom stereocenters. The average molecular weight is 347 g/mol. The first-order valence-corrected chi connectivity index (χ1v) is 7.75. The molecule has 0 aliphatic carbocycles. The average Bonchev–Trinajstić information content (AvgIpc) is 2.66. The van der Waals surface area contributed by atoms with Gasteiger partial charge in [0.2, 0.25) is 0 Å². The van der Waals surface area contributed by atoms with Crippen molar-refractivity contribution >= 4 is 17.7 Å². The Bertz CT molecular complexity index is 905. The molecule has 0 bridgehead atoms. The van der Waals surface area contributed by atoms with Gasteiger partial charge in [-0.1, -0.05) is 24.3 Å². The minimum Gasteiger partial charge on any atom is -0.493 e. The molecule has 0 aromatic heterocycles. The van der Waals surface area contributed by atoms with Crippen LogP contribution in [0.25, 0.3) is 6.08 Å². The van der Waals surface area contributed by atoms with Gasteiger partial charge in [0.05, 0.1) is 7.11 Å². The quantitative estimate of drug-likeness (QED) is 0.808. The minimum absolute atomic E-state index is 0.0154. The van der Waals surface area contributed by atoms with Crippen LogP contribution < -0.4 is 14.8 Å². The highest BCUT2D eigenvalue weighted by Gasteiger charge is 2.10. The number of ether oxygens (including phenoxy) is 2. The standard InChI is InChI=1S/C20H17N3O3/c1-14-5-3-4-6-17(14)23-20(24)13-26-18-8-7-15(10-19(18)25-2)9-16(11-21)12-22/h3-10H,13H2,1-2H3,(H,23,24). The Morgan fingerprint density at radius 1 is 1.15 bits per heavy atom. The van der Waals surface area contributed by atoms with Gasteiger partial charge in [-0.05, 0) is 42.3 Å². The lowest BCUT2D eigenvalue weighted by Crippen LogP contribution is -2.20. The lowest BCUT2D eigenvalue weighted by Gasteiger charge is -2.12. The van der Waals surface area contributed by atoms with Crippen LogP contribution in [0.4, 0.5) is 5.69 Å². The summed E-state index contributed by atoms with van der Waals surface area (Å²) in [6, 6.07) is 16.0. The SMILES string of the molecule is COc1cc(C=C(C#N)C#N)ccc1OCC(=O)Nc1ccccc1C. The summed E-state index contributed by atoms with van der Waals surface area (Å²) < 4.78 is 10.8. The van der Waals surface area contributed by atoms with Crippen LogP contribution in [0, 0.1) is 29.6 Å². The molecule has 0 spiro atoms. The highest BCUT2D eigenvalue weighted by atomic mass is 16.5. The number of anilines is 1. The molecule has 2 aromatic rings. The molecule has 0 saturated heterocycles. The molecule has 0 radical (unpaired) electrons. The molecule has 0 saturated carbocycles. The first-order chi connectivity index (χ1) is 12.6. The number of allylic oxidation sites excluding steroid dienone is 1. The summed E-state index contributed by atoms with van der Waals surface area (Å²) in [4.78, 5) is 12.1. The number of para-hydroxylation sites is 1. The Morgan fingerprint density at radius 3 is 2.54 bits per heavy atom. The Hall–Kier alpha value is -3.77. The third-order valence-electron chi connectivity index (χ3n) is 3.52. The van der Waals surface area contributed by atoms with Crippen molar-refractivity contribution in [3.8, 4) is 23.6 Å². The number of amides is 1. The summed E-state index contributed by atoms with van der Waals surface area (Å²) in [6.45, 7) is 1.73. The van der Waals surface area contributed by atoms with E-state index in [4.69, 9.17) is 20.0 Å². The van der Waals surface area contributed by atoms with Crippen LogP contribution in [0.1, 0.15) is 11.1 Å². The zero-order valence-corrected chi connectivity index (χ0v) is 14.4. The van der Waals surface area contributed by atoms with Gasteiger partial charge < -0.3 is 14.8 Å². The van der Waals surface area contributed by atoms with E-state index in [0.29, 0.717) is 17.1 Å². The molecule has 2 rings (SSSR count). The summed E-state index contributed by atoms with van der Waals surface area (Å²) in [6.07, 6.45) is 1.44. The molecule has 26 heavy (non-hydrogen) atoms. The largest absolute Gasteiger partial charge is 0.493 e. The van der Waals surface area contributed by atoms with E-state index >= 15 is 0 Å². The number of carbonyl (C=O) groups is 1. The first kappa shape index (κ1) is 18.6. The van der Waals surface area contributed by atoms with Crippen molar-refractivity contribution in [1.29, 1.82) is 10.5 Å². The van der Waals surface area contributed by atoms with Crippen LogP contribution in [0.3, 0.4) is 0 Å². The zero-order valence-electron chi connectivity index (χ0n) is 14.4. The predicted molar refractivity (Wildman–Crippen MR) is 97.5 cm³/mol. The van der Waals surface area contributed by atoms with Gasteiger partial charge in [0.1, 0.15) is 17.7 Å². The maximum Gasteiger partial charge on any atom is 0.262 e. The van der Waals surface area contributed by atoms with Crippen molar-refractivity contribution in [2.24, 2.45) is 0 Å². The van der Waals surface area contributed by atoms with Gasteiger partial charge in [0, 0.05) is 5.69 Å². The third kappa shape index (κ3) is 4.86. The van der Waals surface area contributed by atoms with Crippen molar-refractivity contribution in [2.45, 2.75) is 6.92 Å².